The molecule has 4 N–H and O–H groups in total. The van der Waals surface area contributed by atoms with Crippen molar-refractivity contribution in [1.82, 2.24) is 20.3 Å². The van der Waals surface area contributed by atoms with Gasteiger partial charge < -0.3 is 35.5 Å². The molecule has 11 heteroatoms. The van der Waals surface area contributed by atoms with Crippen LogP contribution in [0.15, 0.2) is 54.6 Å². The summed E-state index contributed by atoms with van der Waals surface area (Å²) in [6.07, 6.45) is 4.60. The first-order valence-electron chi connectivity index (χ1n) is 14.3. The summed E-state index contributed by atoms with van der Waals surface area (Å²) in [7, 11) is 1.64. The first kappa shape index (κ1) is 30.0. The van der Waals surface area contributed by atoms with Crippen molar-refractivity contribution >= 4 is 29.4 Å². The van der Waals surface area contributed by atoms with Gasteiger partial charge in [0.25, 0.3) is 5.91 Å². The van der Waals surface area contributed by atoms with Gasteiger partial charge in [-0.25, -0.2) is 0 Å². The Hall–Kier alpha value is -3.96. The van der Waals surface area contributed by atoms with Gasteiger partial charge in [0, 0.05) is 36.4 Å². The minimum atomic E-state index is -0.108. The fourth-order valence-corrected chi connectivity index (χ4v) is 4.48. The van der Waals surface area contributed by atoms with Crippen molar-refractivity contribution in [3.8, 4) is 5.75 Å². The molecule has 1 saturated carbocycles. The van der Waals surface area contributed by atoms with Crippen LogP contribution < -0.4 is 26.0 Å². The highest BCUT2D eigenvalue weighted by Crippen LogP contribution is 2.26. The van der Waals surface area contributed by atoms with Gasteiger partial charge in [-0.15, -0.1) is 0 Å². The van der Waals surface area contributed by atoms with E-state index in [1.165, 1.54) is 12.8 Å². The maximum absolute atomic E-state index is 12.0. The maximum Gasteiger partial charge on any atom is 0.251 e. The number of amides is 1. The number of carbonyl (C=O) groups excluding carboxylic acids is 1. The molecule has 4 rings (SSSR count). The molecule has 0 radical (unpaired) electrons. The lowest BCUT2D eigenvalue weighted by atomic mass is 9.87. The highest BCUT2D eigenvalue weighted by Gasteiger charge is 2.19. The SMILES string of the molecule is COc1cccc(Nc2nc(NCCOCCOCCNC(=O)c3ccccc3)nc(NC3CCC(C)CC3)n2)c1. The fourth-order valence-electron chi connectivity index (χ4n) is 4.48. The third-order valence-corrected chi connectivity index (χ3v) is 6.78. The number of ether oxygens (including phenoxy) is 3. The van der Waals surface area contributed by atoms with Crippen molar-refractivity contribution in [3.63, 3.8) is 0 Å². The number of rotatable bonds is 16. The zero-order valence-corrected chi connectivity index (χ0v) is 23.9. The van der Waals surface area contributed by atoms with Crippen molar-refractivity contribution < 1.29 is 19.0 Å². The Morgan fingerprint density at radius 1 is 0.829 bits per heavy atom. The van der Waals surface area contributed by atoms with Gasteiger partial charge in [0.15, 0.2) is 0 Å². The van der Waals surface area contributed by atoms with E-state index in [0.29, 0.717) is 69.0 Å². The zero-order valence-electron chi connectivity index (χ0n) is 23.9. The van der Waals surface area contributed by atoms with Gasteiger partial charge in [-0.2, -0.15) is 15.0 Å². The second kappa shape index (κ2) is 16.3. The van der Waals surface area contributed by atoms with E-state index in [9.17, 15) is 4.79 Å². The van der Waals surface area contributed by atoms with Gasteiger partial charge in [-0.1, -0.05) is 31.2 Å². The van der Waals surface area contributed by atoms with Crippen LogP contribution in [0.5, 0.6) is 5.75 Å². The van der Waals surface area contributed by atoms with Crippen molar-refractivity contribution in [2.45, 2.75) is 38.6 Å². The molecule has 1 aliphatic carbocycles. The van der Waals surface area contributed by atoms with Crippen LogP contribution >= 0.6 is 0 Å². The number of aromatic nitrogens is 3. The van der Waals surface area contributed by atoms with Crippen LogP contribution in [0.3, 0.4) is 0 Å². The number of carbonyl (C=O) groups is 1. The van der Waals surface area contributed by atoms with Crippen LogP contribution in [-0.4, -0.2) is 73.5 Å². The second-order valence-corrected chi connectivity index (χ2v) is 10.0. The molecule has 1 aliphatic rings. The molecule has 2 aromatic carbocycles. The van der Waals surface area contributed by atoms with Crippen molar-refractivity contribution in [2.24, 2.45) is 5.92 Å². The summed E-state index contributed by atoms with van der Waals surface area (Å²) in [5, 5.41) is 12.8. The van der Waals surface area contributed by atoms with E-state index >= 15 is 0 Å². The topological polar surface area (TPSA) is 132 Å². The Bertz CT molecular complexity index is 1210. The predicted molar refractivity (Wildman–Crippen MR) is 160 cm³/mol. The van der Waals surface area contributed by atoms with E-state index in [4.69, 9.17) is 14.2 Å². The smallest absolute Gasteiger partial charge is 0.251 e. The summed E-state index contributed by atoms with van der Waals surface area (Å²) in [6, 6.07) is 17.1. The summed E-state index contributed by atoms with van der Waals surface area (Å²) in [5.74, 6) is 2.85. The first-order chi connectivity index (χ1) is 20.1. The summed E-state index contributed by atoms with van der Waals surface area (Å²) in [4.78, 5) is 25.8. The van der Waals surface area contributed by atoms with E-state index < -0.39 is 0 Å². The number of nitrogens with one attached hydrogen (secondary N) is 4. The van der Waals surface area contributed by atoms with Gasteiger partial charge in [0.2, 0.25) is 17.8 Å². The second-order valence-electron chi connectivity index (χ2n) is 10.0. The van der Waals surface area contributed by atoms with E-state index in [1.807, 2.05) is 42.5 Å². The molecule has 11 nitrogen and oxygen atoms in total. The van der Waals surface area contributed by atoms with Crippen LogP contribution in [0.4, 0.5) is 23.5 Å². The molecule has 0 atom stereocenters. The minimum absolute atomic E-state index is 0.108. The largest absolute Gasteiger partial charge is 0.497 e. The van der Waals surface area contributed by atoms with Crippen LogP contribution in [0.2, 0.25) is 0 Å². The number of anilines is 4. The number of hydrogen-bond donors (Lipinski definition) is 4. The van der Waals surface area contributed by atoms with E-state index in [-0.39, 0.29) is 5.91 Å². The van der Waals surface area contributed by atoms with E-state index in [1.54, 1.807) is 19.2 Å². The van der Waals surface area contributed by atoms with Crippen molar-refractivity contribution in [2.75, 3.05) is 62.6 Å². The predicted octanol–water partition coefficient (Wildman–Crippen LogP) is 4.49. The highest BCUT2D eigenvalue weighted by atomic mass is 16.5. The molecule has 0 bridgehead atoms. The molecule has 1 amide bonds. The Morgan fingerprint density at radius 3 is 2.29 bits per heavy atom. The third-order valence-electron chi connectivity index (χ3n) is 6.78. The number of hydrogen-bond acceptors (Lipinski definition) is 10. The lowest BCUT2D eigenvalue weighted by Gasteiger charge is -2.27. The molecule has 0 aliphatic heterocycles. The fraction of sp³-hybridized carbons (Fsp3) is 0.467. The number of nitrogens with zero attached hydrogens (tertiary/aromatic N) is 3. The average molecular weight is 564 g/mol. The monoisotopic (exact) mass is 563 g/mol. The molecule has 0 saturated heterocycles. The van der Waals surface area contributed by atoms with Gasteiger partial charge in [-0.3, -0.25) is 4.79 Å². The Morgan fingerprint density at radius 2 is 1.54 bits per heavy atom. The molecule has 41 heavy (non-hydrogen) atoms. The first-order valence-corrected chi connectivity index (χ1v) is 14.3. The lowest BCUT2D eigenvalue weighted by Crippen LogP contribution is -2.27. The average Bonchev–Trinajstić information content (AvgIpc) is 2.99. The Labute approximate surface area is 241 Å². The number of benzene rings is 2. The van der Waals surface area contributed by atoms with Crippen LogP contribution in [0, 0.1) is 5.92 Å². The summed E-state index contributed by atoms with van der Waals surface area (Å²) in [5.41, 5.74) is 1.46. The normalized spacial score (nSPS) is 16.5. The molecule has 1 aromatic heterocycles. The molecule has 1 fully saturated rings. The quantitative estimate of drug-likeness (QED) is 0.185. The van der Waals surface area contributed by atoms with Crippen LogP contribution in [0.1, 0.15) is 43.0 Å². The van der Waals surface area contributed by atoms with Gasteiger partial charge in [0.05, 0.1) is 33.5 Å². The van der Waals surface area contributed by atoms with Crippen LogP contribution in [0.25, 0.3) is 0 Å². The van der Waals surface area contributed by atoms with Gasteiger partial charge in [-0.05, 0) is 55.9 Å². The van der Waals surface area contributed by atoms with Crippen molar-refractivity contribution in [1.29, 1.82) is 0 Å². The third kappa shape index (κ3) is 10.5. The maximum atomic E-state index is 12.0. The minimum Gasteiger partial charge on any atom is -0.497 e. The molecule has 0 spiro atoms. The molecule has 1 heterocycles. The summed E-state index contributed by atoms with van der Waals surface area (Å²) >= 11 is 0. The molecular formula is C30H41N7O4. The molecule has 220 valence electrons. The van der Waals surface area contributed by atoms with Gasteiger partial charge in [0.1, 0.15) is 5.75 Å². The molecule has 3 aromatic rings. The molecule has 0 unspecified atom stereocenters. The molecular weight excluding hydrogens is 522 g/mol. The zero-order chi connectivity index (χ0) is 28.7. The van der Waals surface area contributed by atoms with Gasteiger partial charge >= 0.3 is 0 Å². The van der Waals surface area contributed by atoms with E-state index in [0.717, 1.165) is 30.2 Å². The standard InChI is InChI=1S/C30H41N7O4/c1-22-11-13-24(14-12-22)33-29-35-28(36-30(37-29)34-25-9-6-10-26(21-25)39-2)32-16-18-41-20-19-40-17-15-31-27(38)23-7-4-3-5-8-23/h3-10,21-22,24H,11-20H2,1-2H3,(H,31,38)(H3,32,33,34,35,36,37). The van der Waals surface area contributed by atoms with Crippen LogP contribution in [-0.2, 0) is 9.47 Å². The lowest BCUT2D eigenvalue weighted by molar-refractivity contribution is 0.0519. The highest BCUT2D eigenvalue weighted by molar-refractivity contribution is 5.94. The summed E-state index contributed by atoms with van der Waals surface area (Å²) < 4.78 is 16.6. The van der Waals surface area contributed by atoms with Crippen molar-refractivity contribution in [3.05, 3.63) is 60.2 Å². The number of methoxy groups -OCH3 is 1. The summed E-state index contributed by atoms with van der Waals surface area (Å²) in [6.45, 7) is 5.04. The Kier molecular flexibility index (Phi) is 12.0. The Balaban J connectivity index is 1.19. The van der Waals surface area contributed by atoms with E-state index in [2.05, 4.69) is 43.1 Å².